The molecule has 2 amide bonds. The fourth-order valence-corrected chi connectivity index (χ4v) is 3.23. The van der Waals surface area contributed by atoms with Gasteiger partial charge in [-0.15, -0.1) is 0 Å². The van der Waals surface area contributed by atoms with Gasteiger partial charge < -0.3 is 15.7 Å². The number of benzene rings is 3. The molecule has 0 fully saturated rings. The van der Waals surface area contributed by atoms with Crippen LogP contribution in [0.25, 0.3) is 10.8 Å². The largest absolute Gasteiger partial charge is 0.480 e. The van der Waals surface area contributed by atoms with Gasteiger partial charge in [0.1, 0.15) is 12.1 Å². The zero-order valence-electron chi connectivity index (χ0n) is 17.1. The maximum absolute atomic E-state index is 13.0. The third-order valence-corrected chi connectivity index (χ3v) is 4.97. The van der Waals surface area contributed by atoms with Gasteiger partial charge in [0, 0.05) is 24.1 Å². The van der Waals surface area contributed by atoms with Crippen molar-refractivity contribution in [2.75, 3.05) is 0 Å². The standard InChI is InChI=1S/C23H21N3O6/c1-14(23(29)30)24-22(28)20(13-15-9-11-17(12-10-15)26(31)32)25-21(27)19-8-4-6-16-5-2-3-7-18(16)19/h2-12,14,20H,13H2,1H3,(H,24,28)(H,25,27)(H,29,30)/t14-,20?/m0/s1. The van der Waals surface area contributed by atoms with Crippen molar-refractivity contribution >= 4 is 34.2 Å². The van der Waals surface area contributed by atoms with E-state index in [-0.39, 0.29) is 12.1 Å². The molecule has 9 heteroatoms. The number of carbonyl (C=O) groups excluding carboxylic acids is 2. The summed E-state index contributed by atoms with van der Waals surface area (Å²) in [5.41, 5.74) is 0.835. The van der Waals surface area contributed by atoms with E-state index in [4.69, 9.17) is 5.11 Å². The summed E-state index contributed by atoms with van der Waals surface area (Å²) in [5.74, 6) is -2.38. The third-order valence-electron chi connectivity index (χ3n) is 4.97. The molecule has 0 aliphatic rings. The Hall–Kier alpha value is -4.27. The Balaban J connectivity index is 1.87. The molecule has 0 radical (unpaired) electrons. The molecule has 3 aromatic carbocycles. The monoisotopic (exact) mass is 435 g/mol. The minimum Gasteiger partial charge on any atom is -0.480 e. The molecule has 32 heavy (non-hydrogen) atoms. The molecule has 3 rings (SSSR count). The highest BCUT2D eigenvalue weighted by atomic mass is 16.6. The summed E-state index contributed by atoms with van der Waals surface area (Å²) < 4.78 is 0. The van der Waals surface area contributed by atoms with Crippen molar-refractivity contribution in [2.45, 2.75) is 25.4 Å². The van der Waals surface area contributed by atoms with Crippen LogP contribution >= 0.6 is 0 Å². The molecule has 2 atom stereocenters. The number of hydrogen-bond donors (Lipinski definition) is 3. The molecular formula is C23H21N3O6. The predicted molar refractivity (Wildman–Crippen MR) is 117 cm³/mol. The number of carbonyl (C=O) groups is 3. The zero-order valence-corrected chi connectivity index (χ0v) is 17.1. The van der Waals surface area contributed by atoms with E-state index in [1.807, 2.05) is 18.2 Å². The average Bonchev–Trinajstić information content (AvgIpc) is 2.78. The van der Waals surface area contributed by atoms with Crippen LogP contribution in [0.2, 0.25) is 0 Å². The Morgan fingerprint density at radius 2 is 1.62 bits per heavy atom. The van der Waals surface area contributed by atoms with Crippen LogP contribution < -0.4 is 10.6 Å². The van der Waals surface area contributed by atoms with E-state index < -0.39 is 34.8 Å². The Morgan fingerprint density at radius 1 is 0.969 bits per heavy atom. The van der Waals surface area contributed by atoms with Gasteiger partial charge in [-0.2, -0.15) is 0 Å². The average molecular weight is 435 g/mol. The quantitative estimate of drug-likeness (QED) is 0.367. The number of aliphatic carboxylic acids is 1. The number of nitrogens with zero attached hydrogens (tertiary/aromatic N) is 1. The lowest BCUT2D eigenvalue weighted by molar-refractivity contribution is -0.384. The smallest absolute Gasteiger partial charge is 0.325 e. The lowest BCUT2D eigenvalue weighted by Gasteiger charge is -2.20. The molecular weight excluding hydrogens is 414 g/mol. The maximum Gasteiger partial charge on any atom is 0.325 e. The lowest BCUT2D eigenvalue weighted by Crippen LogP contribution is -2.51. The van der Waals surface area contributed by atoms with Gasteiger partial charge in [-0.1, -0.05) is 48.5 Å². The summed E-state index contributed by atoms with van der Waals surface area (Å²) in [7, 11) is 0. The Kier molecular flexibility index (Phi) is 6.79. The second-order valence-electron chi connectivity index (χ2n) is 7.25. The Morgan fingerprint density at radius 3 is 2.28 bits per heavy atom. The van der Waals surface area contributed by atoms with Crippen molar-refractivity contribution in [2.24, 2.45) is 0 Å². The molecule has 0 saturated heterocycles. The molecule has 0 saturated carbocycles. The second kappa shape index (κ2) is 9.69. The van der Waals surface area contributed by atoms with Gasteiger partial charge in [-0.3, -0.25) is 24.5 Å². The highest BCUT2D eigenvalue weighted by Gasteiger charge is 2.25. The van der Waals surface area contributed by atoms with Gasteiger partial charge >= 0.3 is 5.97 Å². The number of non-ortho nitro benzene ring substituents is 1. The van der Waals surface area contributed by atoms with E-state index in [1.165, 1.54) is 31.2 Å². The van der Waals surface area contributed by atoms with Crippen LogP contribution in [-0.4, -0.2) is 39.9 Å². The molecule has 0 heterocycles. The number of fused-ring (bicyclic) bond motifs is 1. The van der Waals surface area contributed by atoms with E-state index in [0.29, 0.717) is 16.5 Å². The van der Waals surface area contributed by atoms with Crippen molar-refractivity contribution in [1.82, 2.24) is 10.6 Å². The fourth-order valence-electron chi connectivity index (χ4n) is 3.23. The van der Waals surface area contributed by atoms with Crippen LogP contribution in [0.3, 0.4) is 0 Å². The summed E-state index contributed by atoms with van der Waals surface area (Å²) in [6.07, 6.45) is 0.0205. The van der Waals surface area contributed by atoms with Gasteiger partial charge in [-0.05, 0) is 29.3 Å². The van der Waals surface area contributed by atoms with Crippen molar-refractivity contribution in [3.05, 3.63) is 88.0 Å². The van der Waals surface area contributed by atoms with Crippen molar-refractivity contribution in [3.8, 4) is 0 Å². The van der Waals surface area contributed by atoms with E-state index >= 15 is 0 Å². The first-order chi connectivity index (χ1) is 15.3. The Bertz CT molecular complexity index is 1170. The molecule has 0 bridgehead atoms. The summed E-state index contributed by atoms with van der Waals surface area (Å²) in [6.45, 7) is 1.32. The van der Waals surface area contributed by atoms with Gasteiger partial charge in [0.05, 0.1) is 4.92 Å². The van der Waals surface area contributed by atoms with Gasteiger partial charge in [0.15, 0.2) is 0 Å². The molecule has 3 N–H and O–H groups in total. The first kappa shape index (κ1) is 22.4. The van der Waals surface area contributed by atoms with Crippen LogP contribution in [0.15, 0.2) is 66.7 Å². The minimum atomic E-state index is -1.21. The van der Waals surface area contributed by atoms with Gasteiger partial charge in [-0.25, -0.2) is 0 Å². The molecule has 3 aromatic rings. The molecule has 9 nitrogen and oxygen atoms in total. The first-order valence-electron chi connectivity index (χ1n) is 9.81. The molecule has 0 aromatic heterocycles. The first-order valence-corrected chi connectivity index (χ1v) is 9.81. The number of rotatable bonds is 8. The number of nitro groups is 1. The normalized spacial score (nSPS) is 12.5. The molecule has 1 unspecified atom stereocenters. The van der Waals surface area contributed by atoms with E-state index in [9.17, 15) is 24.5 Å². The van der Waals surface area contributed by atoms with E-state index in [2.05, 4.69) is 10.6 Å². The van der Waals surface area contributed by atoms with Crippen LogP contribution in [-0.2, 0) is 16.0 Å². The molecule has 164 valence electrons. The molecule has 0 aliphatic heterocycles. The predicted octanol–water partition coefficient (Wildman–Crippen LogP) is 2.68. The zero-order chi connectivity index (χ0) is 23.3. The summed E-state index contributed by atoms with van der Waals surface area (Å²) >= 11 is 0. The highest BCUT2D eigenvalue weighted by molar-refractivity contribution is 6.08. The number of amides is 2. The van der Waals surface area contributed by atoms with E-state index in [1.54, 1.807) is 24.3 Å². The number of carboxylic acid groups (broad SMARTS) is 1. The van der Waals surface area contributed by atoms with Crippen molar-refractivity contribution < 1.29 is 24.4 Å². The summed E-state index contributed by atoms with van der Waals surface area (Å²) in [5, 5.41) is 26.6. The van der Waals surface area contributed by atoms with Crippen molar-refractivity contribution in [1.29, 1.82) is 0 Å². The SMILES string of the molecule is C[C@H](NC(=O)C(Cc1ccc([N+](=O)[O-])cc1)NC(=O)c1cccc2ccccc12)C(=O)O. The van der Waals surface area contributed by atoms with Crippen LogP contribution in [0.4, 0.5) is 5.69 Å². The summed E-state index contributed by atoms with van der Waals surface area (Å²) in [4.78, 5) is 47.3. The van der Waals surface area contributed by atoms with Crippen LogP contribution in [0.5, 0.6) is 0 Å². The van der Waals surface area contributed by atoms with Crippen LogP contribution in [0, 0.1) is 10.1 Å². The van der Waals surface area contributed by atoms with Crippen molar-refractivity contribution in [3.63, 3.8) is 0 Å². The van der Waals surface area contributed by atoms with E-state index in [0.717, 1.165) is 5.39 Å². The molecule has 0 aliphatic carbocycles. The van der Waals surface area contributed by atoms with Crippen LogP contribution in [0.1, 0.15) is 22.8 Å². The molecule has 0 spiro atoms. The van der Waals surface area contributed by atoms with Gasteiger partial charge in [0.2, 0.25) is 5.91 Å². The highest BCUT2D eigenvalue weighted by Crippen LogP contribution is 2.19. The minimum absolute atomic E-state index is 0.0205. The fraction of sp³-hybridized carbons (Fsp3) is 0.174. The Labute approximate surface area is 183 Å². The second-order valence-corrected chi connectivity index (χ2v) is 7.25. The topological polar surface area (TPSA) is 139 Å². The summed E-state index contributed by atoms with van der Waals surface area (Å²) in [6, 6.07) is 15.9. The third kappa shape index (κ3) is 5.25. The van der Waals surface area contributed by atoms with Gasteiger partial charge in [0.25, 0.3) is 11.6 Å². The number of hydrogen-bond acceptors (Lipinski definition) is 5. The number of nitrogens with one attached hydrogen (secondary N) is 2. The number of carboxylic acids is 1. The lowest BCUT2D eigenvalue weighted by atomic mass is 10.0. The number of nitro benzene ring substituents is 1. The maximum atomic E-state index is 13.0.